The number of furan rings is 1. The Kier molecular flexibility index (Phi) is 4.04. The van der Waals surface area contributed by atoms with Crippen LogP contribution in [0.5, 0.6) is 0 Å². The molecule has 0 saturated carbocycles. The van der Waals surface area contributed by atoms with Crippen LogP contribution in [0, 0.1) is 0 Å². The van der Waals surface area contributed by atoms with Crippen molar-refractivity contribution in [3.63, 3.8) is 0 Å². The highest BCUT2D eigenvalue weighted by atomic mass is 79.9. The number of Topliss-reactive ketones (excluding diaryl/α,β-unsaturated/α-hetero) is 1. The largest absolute Gasteiger partial charge is 0.461 e. The van der Waals surface area contributed by atoms with Gasteiger partial charge in [0, 0.05) is 10.0 Å². The molecule has 1 aromatic heterocycles. The number of hydrogen-bond acceptors (Lipinski definition) is 2. The van der Waals surface area contributed by atoms with E-state index in [9.17, 15) is 18.0 Å². The summed E-state index contributed by atoms with van der Waals surface area (Å²) in [6, 6.07) is 6.80. The van der Waals surface area contributed by atoms with Crippen LogP contribution >= 0.6 is 15.9 Å². The highest BCUT2D eigenvalue weighted by Gasteiger charge is 2.34. The summed E-state index contributed by atoms with van der Waals surface area (Å²) in [7, 11) is 0. The van der Waals surface area contributed by atoms with Gasteiger partial charge in [0.1, 0.15) is 17.3 Å². The zero-order chi connectivity index (χ0) is 14.9. The first-order valence-corrected chi connectivity index (χ1v) is 6.52. The molecule has 2 nitrogen and oxygen atoms in total. The average Bonchev–Trinajstić information content (AvgIpc) is 2.75. The number of hydrogen-bond donors (Lipinski definition) is 0. The molecule has 106 valence electrons. The maximum Gasteiger partial charge on any atom is 0.417 e. The molecular formula is C14H10BrF3O2. The predicted molar refractivity (Wildman–Crippen MR) is 71.2 cm³/mol. The second-order valence-electron chi connectivity index (χ2n) is 4.33. The van der Waals surface area contributed by atoms with Crippen LogP contribution in [0.4, 0.5) is 13.2 Å². The Labute approximate surface area is 121 Å². The Balaban J connectivity index is 2.47. The van der Waals surface area contributed by atoms with Gasteiger partial charge in [-0.3, -0.25) is 4.79 Å². The van der Waals surface area contributed by atoms with Crippen LogP contribution in [0.1, 0.15) is 18.2 Å². The molecule has 0 unspecified atom stereocenters. The minimum atomic E-state index is -4.48. The van der Waals surface area contributed by atoms with E-state index in [1.54, 1.807) is 0 Å². The fourth-order valence-electron chi connectivity index (χ4n) is 1.83. The Morgan fingerprint density at radius 2 is 1.95 bits per heavy atom. The van der Waals surface area contributed by atoms with E-state index >= 15 is 0 Å². The molecule has 0 aliphatic carbocycles. The number of rotatable bonds is 3. The lowest BCUT2D eigenvalue weighted by Crippen LogP contribution is -2.07. The van der Waals surface area contributed by atoms with E-state index in [4.69, 9.17) is 4.42 Å². The molecule has 20 heavy (non-hydrogen) atoms. The van der Waals surface area contributed by atoms with Crippen LogP contribution in [0.3, 0.4) is 0 Å². The Morgan fingerprint density at radius 3 is 2.55 bits per heavy atom. The van der Waals surface area contributed by atoms with Gasteiger partial charge in [0.15, 0.2) is 0 Å². The van der Waals surface area contributed by atoms with Gasteiger partial charge < -0.3 is 4.42 Å². The van der Waals surface area contributed by atoms with E-state index in [0.29, 0.717) is 10.2 Å². The molecule has 0 fully saturated rings. The van der Waals surface area contributed by atoms with Crippen molar-refractivity contribution in [1.29, 1.82) is 0 Å². The second-order valence-corrected chi connectivity index (χ2v) is 5.25. The molecule has 0 saturated heterocycles. The van der Waals surface area contributed by atoms with E-state index < -0.39 is 11.7 Å². The normalized spacial score (nSPS) is 11.7. The molecule has 6 heteroatoms. The van der Waals surface area contributed by atoms with Crippen molar-refractivity contribution in [1.82, 2.24) is 0 Å². The van der Waals surface area contributed by atoms with Gasteiger partial charge in [-0.05, 0) is 37.3 Å². The lowest BCUT2D eigenvalue weighted by Gasteiger charge is -2.11. The number of carbonyl (C=O) groups is 1. The van der Waals surface area contributed by atoms with Crippen LogP contribution in [0.25, 0.3) is 11.3 Å². The molecule has 0 bridgehead atoms. The lowest BCUT2D eigenvalue weighted by molar-refractivity contribution is -0.137. The van der Waals surface area contributed by atoms with E-state index in [1.807, 2.05) is 0 Å². The SMILES string of the molecule is CC(=O)Cc1ccc(-c2ccc(Br)cc2C(F)(F)F)o1. The van der Waals surface area contributed by atoms with Crippen LogP contribution in [0.15, 0.2) is 39.2 Å². The summed E-state index contributed by atoms with van der Waals surface area (Å²) in [4.78, 5) is 11.0. The minimum absolute atomic E-state index is 0.0458. The molecule has 1 heterocycles. The summed E-state index contributed by atoms with van der Waals surface area (Å²) >= 11 is 3.02. The van der Waals surface area contributed by atoms with Crippen molar-refractivity contribution in [3.05, 3.63) is 46.1 Å². The lowest BCUT2D eigenvalue weighted by atomic mass is 10.1. The Hall–Kier alpha value is -1.56. The van der Waals surface area contributed by atoms with Gasteiger partial charge >= 0.3 is 6.18 Å². The van der Waals surface area contributed by atoms with Gasteiger partial charge in [-0.15, -0.1) is 0 Å². The van der Waals surface area contributed by atoms with E-state index in [-0.39, 0.29) is 23.5 Å². The third-order valence-electron chi connectivity index (χ3n) is 2.64. The smallest absolute Gasteiger partial charge is 0.417 e. The molecule has 2 rings (SSSR count). The van der Waals surface area contributed by atoms with Gasteiger partial charge in [0.05, 0.1) is 12.0 Å². The molecule has 0 spiro atoms. The van der Waals surface area contributed by atoms with Gasteiger partial charge in [0.2, 0.25) is 0 Å². The molecule has 0 N–H and O–H groups in total. The van der Waals surface area contributed by atoms with Crippen molar-refractivity contribution in [2.45, 2.75) is 19.5 Å². The summed E-state index contributed by atoms with van der Waals surface area (Å²) in [6.07, 6.45) is -4.41. The number of carbonyl (C=O) groups excluding carboxylic acids is 1. The highest BCUT2D eigenvalue weighted by molar-refractivity contribution is 9.10. The Bertz CT molecular complexity index is 644. The number of alkyl halides is 3. The standard InChI is InChI=1S/C14H10BrF3O2/c1-8(19)6-10-3-5-13(20-10)11-4-2-9(15)7-12(11)14(16,17)18/h2-5,7H,6H2,1H3. The zero-order valence-electron chi connectivity index (χ0n) is 10.4. The summed E-state index contributed by atoms with van der Waals surface area (Å²) in [6.45, 7) is 1.39. The third kappa shape index (κ3) is 3.30. The maximum absolute atomic E-state index is 13.0. The summed E-state index contributed by atoms with van der Waals surface area (Å²) in [5, 5.41) is 0. The molecule has 0 radical (unpaired) electrons. The first-order valence-electron chi connectivity index (χ1n) is 5.72. The number of benzene rings is 1. The zero-order valence-corrected chi connectivity index (χ0v) is 12.0. The first kappa shape index (κ1) is 14.8. The first-order chi connectivity index (χ1) is 9.27. The van der Waals surface area contributed by atoms with Crippen LogP contribution < -0.4 is 0 Å². The molecule has 2 aromatic rings. The predicted octanol–water partition coefficient (Wildman–Crippen LogP) is 4.86. The topological polar surface area (TPSA) is 30.2 Å². The molecule has 0 amide bonds. The van der Waals surface area contributed by atoms with Gasteiger partial charge in [-0.25, -0.2) is 0 Å². The summed E-state index contributed by atoms with van der Waals surface area (Å²) in [5.74, 6) is 0.336. The Morgan fingerprint density at radius 1 is 1.25 bits per heavy atom. The van der Waals surface area contributed by atoms with E-state index in [2.05, 4.69) is 15.9 Å². The summed E-state index contributed by atoms with van der Waals surface area (Å²) in [5.41, 5.74) is -0.828. The maximum atomic E-state index is 13.0. The van der Waals surface area contributed by atoms with Gasteiger partial charge in [-0.1, -0.05) is 15.9 Å². The van der Waals surface area contributed by atoms with E-state index in [0.717, 1.165) is 6.07 Å². The molecule has 0 aliphatic heterocycles. The fourth-order valence-corrected chi connectivity index (χ4v) is 2.19. The van der Waals surface area contributed by atoms with Crippen molar-refractivity contribution in [2.75, 3.05) is 0 Å². The van der Waals surface area contributed by atoms with E-state index in [1.165, 1.54) is 31.2 Å². The minimum Gasteiger partial charge on any atom is -0.461 e. The van der Waals surface area contributed by atoms with Crippen molar-refractivity contribution < 1.29 is 22.4 Å². The monoisotopic (exact) mass is 346 g/mol. The second kappa shape index (κ2) is 5.44. The van der Waals surface area contributed by atoms with Crippen molar-refractivity contribution in [2.24, 2.45) is 0 Å². The van der Waals surface area contributed by atoms with Crippen LogP contribution in [-0.4, -0.2) is 5.78 Å². The third-order valence-corrected chi connectivity index (χ3v) is 3.13. The molecule has 0 atom stereocenters. The van der Waals surface area contributed by atoms with Gasteiger partial charge in [0.25, 0.3) is 0 Å². The molecular weight excluding hydrogens is 337 g/mol. The number of halogens is 4. The van der Waals surface area contributed by atoms with Crippen LogP contribution in [-0.2, 0) is 17.4 Å². The molecule has 1 aromatic carbocycles. The van der Waals surface area contributed by atoms with Crippen LogP contribution in [0.2, 0.25) is 0 Å². The summed E-state index contributed by atoms with van der Waals surface area (Å²) < 4.78 is 44.7. The van der Waals surface area contributed by atoms with Crippen molar-refractivity contribution in [3.8, 4) is 11.3 Å². The van der Waals surface area contributed by atoms with Crippen molar-refractivity contribution >= 4 is 21.7 Å². The fraction of sp³-hybridized carbons (Fsp3) is 0.214. The highest BCUT2D eigenvalue weighted by Crippen LogP contribution is 2.39. The molecule has 0 aliphatic rings. The number of ketones is 1. The average molecular weight is 347 g/mol. The van der Waals surface area contributed by atoms with Gasteiger partial charge in [-0.2, -0.15) is 13.2 Å². The quantitative estimate of drug-likeness (QED) is 0.794.